The van der Waals surface area contributed by atoms with Gasteiger partial charge in [0.15, 0.2) is 0 Å². The van der Waals surface area contributed by atoms with Gasteiger partial charge in [-0.25, -0.2) is 23.5 Å². The molecule has 94 valence electrons. The first-order valence-electron chi connectivity index (χ1n) is 4.89. The van der Waals surface area contributed by atoms with Crippen molar-refractivity contribution >= 4 is 17.0 Å². The van der Waals surface area contributed by atoms with Gasteiger partial charge in [0.05, 0.1) is 16.6 Å². The van der Waals surface area contributed by atoms with Gasteiger partial charge in [0.25, 0.3) is 6.43 Å². The van der Waals surface area contributed by atoms with Crippen LogP contribution in [0.1, 0.15) is 28.0 Å². The van der Waals surface area contributed by atoms with Crippen LogP contribution in [0, 0.1) is 12.9 Å². The number of fused-ring (bicyclic) bond motifs is 1. The summed E-state index contributed by atoms with van der Waals surface area (Å²) in [7, 11) is 0. The van der Waals surface area contributed by atoms with E-state index in [0.29, 0.717) is 0 Å². The first kappa shape index (κ1) is 12.3. The number of pyridine rings is 2. The highest BCUT2D eigenvalue weighted by Gasteiger charge is 2.21. The summed E-state index contributed by atoms with van der Waals surface area (Å²) < 4.78 is 38.6. The van der Waals surface area contributed by atoms with Crippen LogP contribution in [0.25, 0.3) is 11.0 Å². The minimum Gasteiger partial charge on any atom is -0.478 e. The van der Waals surface area contributed by atoms with Crippen LogP contribution in [-0.4, -0.2) is 21.0 Å². The number of hydrogen-bond donors (Lipinski definition) is 1. The summed E-state index contributed by atoms with van der Waals surface area (Å²) in [6.45, 7) is 1.41. The predicted molar refractivity (Wildman–Crippen MR) is 56.1 cm³/mol. The Morgan fingerprint density at radius 1 is 1.28 bits per heavy atom. The maximum atomic E-state index is 13.2. The fourth-order valence-corrected chi connectivity index (χ4v) is 1.52. The van der Waals surface area contributed by atoms with E-state index in [2.05, 4.69) is 9.97 Å². The molecule has 4 nitrogen and oxygen atoms in total. The van der Waals surface area contributed by atoms with E-state index in [1.54, 1.807) is 0 Å². The molecule has 0 aliphatic rings. The van der Waals surface area contributed by atoms with Gasteiger partial charge in [-0.3, -0.25) is 0 Å². The normalized spacial score (nSPS) is 11.2. The van der Waals surface area contributed by atoms with Crippen molar-refractivity contribution in [3.63, 3.8) is 0 Å². The maximum absolute atomic E-state index is 13.2. The largest absolute Gasteiger partial charge is 0.478 e. The number of halogens is 3. The summed E-state index contributed by atoms with van der Waals surface area (Å²) in [5, 5.41) is 8.80. The summed E-state index contributed by atoms with van der Waals surface area (Å²) in [6.07, 6.45) is -3.02. The number of carbonyl (C=O) groups is 1. The van der Waals surface area contributed by atoms with Gasteiger partial charge in [-0.1, -0.05) is 0 Å². The molecule has 2 heterocycles. The highest BCUT2D eigenvalue weighted by molar-refractivity contribution is 5.93. The lowest BCUT2D eigenvalue weighted by Crippen LogP contribution is -2.07. The Bertz CT molecular complexity index is 644. The van der Waals surface area contributed by atoms with Crippen molar-refractivity contribution in [1.82, 2.24) is 9.97 Å². The van der Waals surface area contributed by atoms with E-state index >= 15 is 0 Å². The predicted octanol–water partition coefficient (Wildman–Crippen LogP) is 2.71. The van der Waals surface area contributed by atoms with Gasteiger partial charge >= 0.3 is 5.97 Å². The monoisotopic (exact) mass is 256 g/mol. The Balaban J connectivity index is 2.80. The lowest BCUT2D eigenvalue weighted by Gasteiger charge is -2.07. The van der Waals surface area contributed by atoms with Gasteiger partial charge in [0.1, 0.15) is 5.69 Å². The summed E-state index contributed by atoms with van der Waals surface area (Å²) in [5.41, 5.74) is -1.40. The molecule has 0 saturated carbocycles. The number of nitrogens with zero attached hydrogens (tertiary/aromatic N) is 2. The highest BCUT2D eigenvalue weighted by Crippen LogP contribution is 2.25. The zero-order chi connectivity index (χ0) is 13.4. The highest BCUT2D eigenvalue weighted by atomic mass is 19.3. The van der Waals surface area contributed by atoms with Gasteiger partial charge in [0, 0.05) is 5.56 Å². The Hall–Kier alpha value is -2.18. The molecule has 0 spiro atoms. The van der Waals surface area contributed by atoms with Crippen LogP contribution in [-0.2, 0) is 0 Å². The third-order valence-corrected chi connectivity index (χ3v) is 2.39. The Morgan fingerprint density at radius 3 is 2.44 bits per heavy atom. The maximum Gasteiger partial charge on any atom is 0.337 e. The number of alkyl halides is 2. The van der Waals surface area contributed by atoms with Gasteiger partial charge in [-0.2, -0.15) is 4.39 Å². The van der Waals surface area contributed by atoms with Crippen molar-refractivity contribution in [2.75, 3.05) is 0 Å². The molecule has 0 unspecified atom stereocenters. The molecule has 18 heavy (non-hydrogen) atoms. The molecule has 2 rings (SSSR count). The quantitative estimate of drug-likeness (QED) is 0.839. The second kappa shape index (κ2) is 4.25. The Labute approximate surface area is 99.1 Å². The molecule has 0 radical (unpaired) electrons. The van der Waals surface area contributed by atoms with Crippen LogP contribution in [0.5, 0.6) is 0 Å². The van der Waals surface area contributed by atoms with E-state index in [9.17, 15) is 18.0 Å². The van der Waals surface area contributed by atoms with Crippen LogP contribution in [0.3, 0.4) is 0 Å². The molecule has 2 aromatic rings. The minimum absolute atomic E-state index is 0.0363. The van der Waals surface area contributed by atoms with E-state index in [4.69, 9.17) is 5.11 Å². The third kappa shape index (κ3) is 1.99. The van der Waals surface area contributed by atoms with E-state index < -0.39 is 29.6 Å². The number of carboxylic acids is 1. The molecule has 2 aromatic heterocycles. The van der Waals surface area contributed by atoms with E-state index in [-0.39, 0.29) is 16.6 Å². The van der Waals surface area contributed by atoms with Gasteiger partial charge in [0.2, 0.25) is 5.95 Å². The number of hydrogen-bond acceptors (Lipinski definition) is 3. The number of aromatic nitrogens is 2. The Kier molecular flexibility index (Phi) is 2.90. The van der Waals surface area contributed by atoms with Gasteiger partial charge in [-0.05, 0) is 19.1 Å². The summed E-state index contributed by atoms with van der Waals surface area (Å²) in [5.74, 6) is -2.34. The first-order valence-corrected chi connectivity index (χ1v) is 4.89. The van der Waals surface area contributed by atoms with Gasteiger partial charge < -0.3 is 5.11 Å². The number of carboxylic acid groups (broad SMARTS) is 1. The van der Waals surface area contributed by atoms with E-state index in [1.807, 2.05) is 0 Å². The van der Waals surface area contributed by atoms with Crippen LogP contribution in [0.4, 0.5) is 13.2 Å². The van der Waals surface area contributed by atoms with Crippen LogP contribution in [0.2, 0.25) is 0 Å². The van der Waals surface area contributed by atoms with E-state index in [0.717, 1.165) is 6.07 Å². The van der Waals surface area contributed by atoms with Crippen LogP contribution < -0.4 is 0 Å². The first-order chi connectivity index (χ1) is 8.40. The molecule has 0 saturated heterocycles. The molecule has 0 atom stereocenters. The molecule has 0 aliphatic carbocycles. The van der Waals surface area contributed by atoms with Gasteiger partial charge in [-0.15, -0.1) is 0 Å². The summed E-state index contributed by atoms with van der Waals surface area (Å²) in [4.78, 5) is 17.8. The molecule has 0 amide bonds. The molecule has 0 aliphatic heterocycles. The molecule has 0 aromatic carbocycles. The number of rotatable bonds is 2. The topological polar surface area (TPSA) is 63.1 Å². The van der Waals surface area contributed by atoms with Crippen molar-refractivity contribution in [3.05, 3.63) is 34.9 Å². The fraction of sp³-hybridized carbons (Fsp3) is 0.182. The number of aromatic carboxylic acids is 1. The average Bonchev–Trinajstić information content (AvgIpc) is 2.28. The van der Waals surface area contributed by atoms with E-state index in [1.165, 1.54) is 13.0 Å². The van der Waals surface area contributed by atoms with Crippen molar-refractivity contribution in [2.24, 2.45) is 0 Å². The lowest BCUT2D eigenvalue weighted by molar-refractivity contribution is 0.0682. The molecule has 0 fully saturated rings. The fourth-order valence-electron chi connectivity index (χ4n) is 1.52. The molecule has 7 heteroatoms. The summed E-state index contributed by atoms with van der Waals surface area (Å²) >= 11 is 0. The standard InChI is InChI=1S/C11H7F3N2O2/c1-4-2-6-7(16-10(4)14)3-5(11(17)18)8(15-6)9(12)13/h2-3,9H,1H3,(H,17,18). The smallest absolute Gasteiger partial charge is 0.337 e. The second-order valence-corrected chi connectivity index (χ2v) is 3.66. The molecule has 1 N–H and O–H groups in total. The van der Waals surface area contributed by atoms with Crippen molar-refractivity contribution in [2.45, 2.75) is 13.3 Å². The lowest BCUT2D eigenvalue weighted by atomic mass is 10.1. The molecule has 0 bridgehead atoms. The SMILES string of the molecule is Cc1cc2nc(C(F)F)c(C(=O)O)cc2nc1F. The average molecular weight is 256 g/mol. The van der Waals surface area contributed by atoms with Crippen LogP contribution >= 0.6 is 0 Å². The van der Waals surface area contributed by atoms with Crippen molar-refractivity contribution in [1.29, 1.82) is 0 Å². The zero-order valence-corrected chi connectivity index (χ0v) is 9.12. The third-order valence-electron chi connectivity index (χ3n) is 2.39. The molecular weight excluding hydrogens is 249 g/mol. The summed E-state index contributed by atoms with van der Waals surface area (Å²) in [6, 6.07) is 2.14. The van der Waals surface area contributed by atoms with Crippen LogP contribution in [0.15, 0.2) is 12.1 Å². The second-order valence-electron chi connectivity index (χ2n) is 3.66. The van der Waals surface area contributed by atoms with Crippen molar-refractivity contribution in [3.8, 4) is 0 Å². The number of aryl methyl sites for hydroxylation is 1. The minimum atomic E-state index is -3.02. The Morgan fingerprint density at radius 2 is 1.89 bits per heavy atom. The van der Waals surface area contributed by atoms with Crippen molar-refractivity contribution < 1.29 is 23.1 Å². The molecular formula is C11H7F3N2O2. The zero-order valence-electron chi connectivity index (χ0n) is 9.12.